The molecule has 4 rings (SSSR count). The lowest BCUT2D eigenvalue weighted by molar-refractivity contribution is 0.0945. The predicted molar refractivity (Wildman–Crippen MR) is 102 cm³/mol. The van der Waals surface area contributed by atoms with Gasteiger partial charge in [0, 0.05) is 17.8 Å². The summed E-state index contributed by atoms with van der Waals surface area (Å²) < 4.78 is 0. The second-order valence-electron chi connectivity index (χ2n) is 5.80. The number of nitrogens with one attached hydrogen (secondary N) is 2. The third kappa shape index (κ3) is 3.87. The summed E-state index contributed by atoms with van der Waals surface area (Å²) in [5.74, 6) is 0.237. The highest BCUT2D eigenvalue weighted by molar-refractivity contribution is 5.93. The first-order valence-electron chi connectivity index (χ1n) is 8.40. The molecule has 3 aromatic heterocycles. The van der Waals surface area contributed by atoms with Crippen LogP contribution >= 0.6 is 0 Å². The summed E-state index contributed by atoms with van der Waals surface area (Å²) in [6.45, 7) is 0.336. The van der Waals surface area contributed by atoms with Crippen LogP contribution in [0.5, 0.6) is 0 Å². The quantitative estimate of drug-likeness (QED) is 0.571. The van der Waals surface area contributed by atoms with Crippen LogP contribution in [-0.2, 0) is 6.54 Å². The fourth-order valence-electron chi connectivity index (χ4n) is 2.62. The van der Waals surface area contributed by atoms with E-state index < -0.39 is 0 Å². The van der Waals surface area contributed by atoms with Crippen LogP contribution in [0.1, 0.15) is 16.2 Å². The topological polar surface area (TPSA) is 92.7 Å². The Bertz CT molecular complexity index is 1060. The number of hydrogen-bond acceptors (Lipinski definition) is 6. The zero-order valence-electron chi connectivity index (χ0n) is 14.3. The molecule has 0 fully saturated rings. The lowest BCUT2D eigenvalue weighted by Crippen LogP contribution is -2.24. The first-order chi connectivity index (χ1) is 13.3. The van der Waals surface area contributed by atoms with Crippen LogP contribution in [0, 0.1) is 0 Å². The predicted octanol–water partition coefficient (Wildman–Crippen LogP) is 3.09. The van der Waals surface area contributed by atoms with Gasteiger partial charge in [0.25, 0.3) is 5.91 Å². The molecule has 132 valence electrons. The van der Waals surface area contributed by atoms with Crippen molar-refractivity contribution in [1.29, 1.82) is 0 Å². The van der Waals surface area contributed by atoms with Gasteiger partial charge in [0.15, 0.2) is 0 Å². The van der Waals surface area contributed by atoms with Gasteiger partial charge in [-0.3, -0.25) is 14.8 Å². The summed E-state index contributed by atoms with van der Waals surface area (Å²) >= 11 is 0. The minimum Gasteiger partial charge on any atom is -0.345 e. The van der Waals surface area contributed by atoms with E-state index in [-0.39, 0.29) is 11.6 Å². The minimum absolute atomic E-state index is 0.243. The molecule has 0 aliphatic heterocycles. The van der Waals surface area contributed by atoms with Gasteiger partial charge in [-0.25, -0.2) is 9.97 Å². The minimum atomic E-state index is -0.300. The number of carbonyl (C=O) groups is 1. The maximum atomic E-state index is 12.2. The van der Waals surface area contributed by atoms with Gasteiger partial charge in [0.2, 0.25) is 0 Å². The maximum absolute atomic E-state index is 12.2. The van der Waals surface area contributed by atoms with Crippen LogP contribution in [0.25, 0.3) is 10.9 Å². The third-order valence-electron chi connectivity index (χ3n) is 3.94. The molecule has 4 aromatic rings. The summed E-state index contributed by atoms with van der Waals surface area (Å²) in [4.78, 5) is 29.2. The number of amides is 1. The van der Waals surface area contributed by atoms with Crippen molar-refractivity contribution in [2.75, 3.05) is 5.32 Å². The Morgan fingerprint density at radius 3 is 2.56 bits per heavy atom. The Morgan fingerprint density at radius 1 is 0.852 bits per heavy atom. The van der Waals surface area contributed by atoms with Crippen LogP contribution in [-0.4, -0.2) is 25.8 Å². The first kappa shape index (κ1) is 16.6. The van der Waals surface area contributed by atoms with Crippen molar-refractivity contribution in [2.24, 2.45) is 0 Å². The zero-order chi connectivity index (χ0) is 18.5. The molecule has 2 N–H and O–H groups in total. The van der Waals surface area contributed by atoms with E-state index in [1.54, 1.807) is 12.4 Å². The molecule has 0 radical (unpaired) electrons. The molecule has 3 heterocycles. The number of nitrogens with zero attached hydrogens (tertiary/aromatic N) is 4. The van der Waals surface area contributed by atoms with Crippen LogP contribution in [0.2, 0.25) is 0 Å². The van der Waals surface area contributed by atoms with E-state index in [1.165, 1.54) is 12.4 Å². The smallest absolute Gasteiger partial charge is 0.271 e. The Hall–Kier alpha value is -3.87. The Morgan fingerprint density at radius 2 is 1.74 bits per heavy atom. The van der Waals surface area contributed by atoms with Gasteiger partial charge in [0.05, 0.1) is 35.8 Å². The average Bonchev–Trinajstić information content (AvgIpc) is 2.74. The molecular weight excluding hydrogens is 340 g/mol. The van der Waals surface area contributed by atoms with Crippen LogP contribution < -0.4 is 10.6 Å². The summed E-state index contributed by atoms with van der Waals surface area (Å²) in [7, 11) is 0. The van der Waals surface area contributed by atoms with E-state index in [2.05, 4.69) is 30.6 Å². The van der Waals surface area contributed by atoms with Crippen molar-refractivity contribution >= 4 is 28.3 Å². The lowest BCUT2D eigenvalue weighted by atomic mass is 10.2. The number of fused-ring (bicyclic) bond motifs is 1. The Kier molecular flexibility index (Phi) is 4.65. The second-order valence-corrected chi connectivity index (χ2v) is 5.80. The number of rotatable bonds is 5. The van der Waals surface area contributed by atoms with E-state index >= 15 is 0 Å². The van der Waals surface area contributed by atoms with Gasteiger partial charge in [-0.2, -0.15) is 0 Å². The Balaban J connectivity index is 1.45. The van der Waals surface area contributed by atoms with E-state index in [0.29, 0.717) is 12.4 Å². The number of aromatic nitrogens is 4. The van der Waals surface area contributed by atoms with Crippen LogP contribution in [0.4, 0.5) is 11.5 Å². The number of anilines is 2. The second kappa shape index (κ2) is 7.57. The molecule has 0 bridgehead atoms. The van der Waals surface area contributed by atoms with Crippen molar-refractivity contribution in [3.63, 3.8) is 0 Å². The summed E-state index contributed by atoms with van der Waals surface area (Å²) in [6, 6.07) is 15.3. The molecule has 1 aromatic carbocycles. The van der Waals surface area contributed by atoms with Crippen molar-refractivity contribution in [1.82, 2.24) is 25.3 Å². The van der Waals surface area contributed by atoms with Crippen molar-refractivity contribution in [3.8, 4) is 0 Å². The molecule has 27 heavy (non-hydrogen) atoms. The van der Waals surface area contributed by atoms with E-state index in [4.69, 9.17) is 0 Å². The van der Waals surface area contributed by atoms with Crippen molar-refractivity contribution in [2.45, 2.75) is 6.54 Å². The van der Waals surface area contributed by atoms with Crippen molar-refractivity contribution < 1.29 is 4.79 Å². The van der Waals surface area contributed by atoms with Crippen molar-refractivity contribution in [3.05, 3.63) is 84.7 Å². The number of para-hydroxylation sites is 1. The molecular formula is C20H16N6O. The molecule has 0 atom stereocenters. The largest absolute Gasteiger partial charge is 0.345 e. The monoisotopic (exact) mass is 356 g/mol. The van der Waals surface area contributed by atoms with Crippen LogP contribution in [0.3, 0.4) is 0 Å². The highest BCUT2D eigenvalue weighted by atomic mass is 16.1. The third-order valence-corrected chi connectivity index (χ3v) is 3.94. The van der Waals surface area contributed by atoms with E-state index in [0.717, 1.165) is 22.3 Å². The zero-order valence-corrected chi connectivity index (χ0v) is 14.3. The summed E-state index contributed by atoms with van der Waals surface area (Å²) in [5, 5.41) is 7.00. The highest BCUT2D eigenvalue weighted by Crippen LogP contribution is 2.23. The number of pyridine rings is 2. The Labute approximate surface area is 155 Å². The van der Waals surface area contributed by atoms with E-state index in [9.17, 15) is 4.79 Å². The van der Waals surface area contributed by atoms with Gasteiger partial charge in [-0.15, -0.1) is 0 Å². The summed E-state index contributed by atoms with van der Waals surface area (Å²) in [6.07, 6.45) is 6.39. The number of benzene rings is 1. The average molecular weight is 356 g/mol. The van der Waals surface area contributed by atoms with Gasteiger partial charge in [-0.1, -0.05) is 24.3 Å². The van der Waals surface area contributed by atoms with Gasteiger partial charge in [0.1, 0.15) is 11.5 Å². The van der Waals surface area contributed by atoms with Gasteiger partial charge < -0.3 is 10.6 Å². The molecule has 0 aliphatic rings. The fraction of sp³-hybridized carbons (Fsp3) is 0.0500. The van der Waals surface area contributed by atoms with Crippen LogP contribution in [0.15, 0.2) is 73.3 Å². The number of carbonyl (C=O) groups excluding carboxylic acids is 1. The maximum Gasteiger partial charge on any atom is 0.271 e. The summed E-state index contributed by atoms with van der Waals surface area (Å²) in [5.41, 5.74) is 2.70. The molecule has 0 aliphatic carbocycles. The van der Waals surface area contributed by atoms with Gasteiger partial charge >= 0.3 is 0 Å². The SMILES string of the molecule is O=C(NCc1ccccn1)c1cnc(Nc2cccc3cccnc23)cn1. The van der Waals surface area contributed by atoms with Gasteiger partial charge in [-0.05, 0) is 24.3 Å². The molecule has 7 heteroatoms. The normalized spacial score (nSPS) is 10.5. The molecule has 0 spiro atoms. The highest BCUT2D eigenvalue weighted by Gasteiger charge is 2.09. The fourth-order valence-corrected chi connectivity index (χ4v) is 2.62. The van der Waals surface area contributed by atoms with E-state index in [1.807, 2.05) is 48.5 Å². The standard InChI is InChI=1S/C20H16N6O/c27-20(25-11-15-7-1-2-9-21-15)17-12-24-18(13-23-17)26-16-8-3-5-14-6-4-10-22-19(14)16/h1-10,12-13H,11H2,(H,24,26)(H,25,27). The first-order valence-corrected chi connectivity index (χ1v) is 8.40. The molecule has 7 nitrogen and oxygen atoms in total. The molecule has 0 saturated heterocycles. The molecule has 1 amide bonds. The lowest BCUT2D eigenvalue weighted by Gasteiger charge is -2.08. The molecule has 0 unspecified atom stereocenters. The molecule has 0 saturated carbocycles. The number of hydrogen-bond donors (Lipinski definition) is 2.